The molecule has 1 amide bonds. The number of ether oxygens (including phenoxy) is 1. The van der Waals surface area contributed by atoms with E-state index in [-0.39, 0.29) is 34.2 Å². The Labute approximate surface area is 133 Å². The minimum Gasteiger partial charge on any atom is -0.479 e. The van der Waals surface area contributed by atoms with Crippen molar-refractivity contribution in [2.45, 2.75) is 25.5 Å². The molecule has 8 heteroatoms. The fourth-order valence-electron chi connectivity index (χ4n) is 2.36. The first-order valence-electron chi connectivity index (χ1n) is 6.78. The fourth-order valence-corrected chi connectivity index (χ4v) is 4.35. The summed E-state index contributed by atoms with van der Waals surface area (Å²) in [5.74, 6) is -0.573. The van der Waals surface area contributed by atoms with Crippen molar-refractivity contribution >= 4 is 27.3 Å². The van der Waals surface area contributed by atoms with Gasteiger partial charge in [0.2, 0.25) is 0 Å². The van der Waals surface area contributed by atoms with Crippen molar-refractivity contribution in [1.29, 1.82) is 0 Å². The van der Waals surface area contributed by atoms with E-state index in [1.165, 1.54) is 17.0 Å². The summed E-state index contributed by atoms with van der Waals surface area (Å²) in [6.07, 6.45) is -0.425. The Balaban J connectivity index is 2.02. The van der Waals surface area contributed by atoms with Gasteiger partial charge in [0.25, 0.3) is 5.91 Å². The molecule has 1 fully saturated rings. The Morgan fingerprint density at radius 1 is 1.50 bits per heavy atom. The Kier molecular flexibility index (Phi) is 4.97. The molecule has 1 aromatic carbocycles. The van der Waals surface area contributed by atoms with Crippen molar-refractivity contribution in [2.75, 3.05) is 18.6 Å². The average Bonchev–Trinajstić information content (AvgIpc) is 2.80. The molecule has 22 heavy (non-hydrogen) atoms. The molecule has 5 nitrogen and oxygen atoms in total. The summed E-state index contributed by atoms with van der Waals surface area (Å²) < 4.78 is 41.4. The summed E-state index contributed by atoms with van der Waals surface area (Å²) in [7, 11) is -1.51. The summed E-state index contributed by atoms with van der Waals surface area (Å²) in [4.78, 5) is 13.7. The lowest BCUT2D eigenvalue weighted by Crippen LogP contribution is -2.44. The molecule has 0 saturated carbocycles. The van der Waals surface area contributed by atoms with E-state index < -0.39 is 21.8 Å². The second-order valence-electron chi connectivity index (χ2n) is 5.34. The van der Waals surface area contributed by atoms with E-state index in [9.17, 15) is 17.6 Å². The quantitative estimate of drug-likeness (QED) is 0.832. The highest BCUT2D eigenvalue weighted by atomic mass is 35.5. The van der Waals surface area contributed by atoms with Crippen LogP contribution < -0.4 is 4.74 Å². The Morgan fingerprint density at radius 3 is 2.73 bits per heavy atom. The molecule has 0 aliphatic carbocycles. The van der Waals surface area contributed by atoms with Gasteiger partial charge in [0, 0.05) is 13.1 Å². The lowest BCUT2D eigenvalue weighted by Gasteiger charge is -2.27. The van der Waals surface area contributed by atoms with Crippen molar-refractivity contribution in [3.8, 4) is 5.75 Å². The predicted molar refractivity (Wildman–Crippen MR) is 81.3 cm³/mol. The van der Waals surface area contributed by atoms with Crippen LogP contribution in [-0.2, 0) is 14.6 Å². The van der Waals surface area contributed by atoms with Crippen LogP contribution in [0.25, 0.3) is 0 Å². The maximum atomic E-state index is 13.0. The summed E-state index contributed by atoms with van der Waals surface area (Å²) in [6.45, 7) is 1.54. The topological polar surface area (TPSA) is 63.7 Å². The summed E-state index contributed by atoms with van der Waals surface area (Å²) in [5, 5.41) is 0.0748. The normalized spacial score (nSPS) is 21.4. The number of benzene rings is 1. The molecule has 0 N–H and O–H groups in total. The molecule has 2 atom stereocenters. The van der Waals surface area contributed by atoms with Crippen LogP contribution in [0.15, 0.2) is 18.2 Å². The molecule has 1 aliphatic heterocycles. The second-order valence-corrected chi connectivity index (χ2v) is 7.98. The van der Waals surface area contributed by atoms with Crippen molar-refractivity contribution < 1.29 is 22.3 Å². The third-order valence-electron chi connectivity index (χ3n) is 3.65. The molecule has 122 valence electrons. The Bertz CT molecular complexity index is 679. The SMILES string of the molecule is C[C@H](Oc1ccc(F)cc1Cl)C(=O)N(C)[C@H]1CCS(=O)(=O)C1. The maximum Gasteiger partial charge on any atom is 0.263 e. The van der Waals surface area contributed by atoms with Gasteiger partial charge >= 0.3 is 0 Å². The van der Waals surface area contributed by atoms with E-state index in [4.69, 9.17) is 16.3 Å². The van der Waals surface area contributed by atoms with E-state index in [2.05, 4.69) is 0 Å². The first kappa shape index (κ1) is 17.0. The molecule has 0 radical (unpaired) electrons. The molecule has 1 aromatic rings. The highest BCUT2D eigenvalue weighted by Gasteiger charge is 2.34. The number of carbonyl (C=O) groups is 1. The van der Waals surface area contributed by atoms with E-state index in [0.29, 0.717) is 6.42 Å². The standard InChI is InChI=1S/C14H17ClFNO4S/c1-9(21-13-4-3-10(16)7-12(13)15)14(18)17(2)11-5-6-22(19,20)8-11/h3-4,7,9,11H,5-6,8H2,1-2H3/t9-,11-/m0/s1. The van der Waals surface area contributed by atoms with Crippen molar-refractivity contribution in [1.82, 2.24) is 4.90 Å². The second kappa shape index (κ2) is 6.42. The molecular formula is C14H17ClFNO4S. The van der Waals surface area contributed by atoms with Crippen LogP contribution in [0.4, 0.5) is 4.39 Å². The Morgan fingerprint density at radius 2 is 2.18 bits per heavy atom. The molecule has 2 rings (SSSR count). The van der Waals surface area contributed by atoms with Crippen molar-refractivity contribution in [3.63, 3.8) is 0 Å². The molecule has 1 aliphatic rings. The minimum atomic E-state index is -3.07. The maximum absolute atomic E-state index is 13.0. The van der Waals surface area contributed by atoms with Gasteiger partial charge in [-0.3, -0.25) is 4.79 Å². The number of carbonyl (C=O) groups excluding carboxylic acids is 1. The van der Waals surface area contributed by atoms with Crippen LogP contribution in [0.1, 0.15) is 13.3 Å². The first-order valence-corrected chi connectivity index (χ1v) is 8.98. The number of rotatable bonds is 4. The zero-order chi connectivity index (χ0) is 16.5. The van der Waals surface area contributed by atoms with Gasteiger partial charge in [-0.2, -0.15) is 0 Å². The molecule has 0 bridgehead atoms. The van der Waals surface area contributed by atoms with Crippen molar-refractivity contribution in [3.05, 3.63) is 29.0 Å². The number of hydrogen-bond donors (Lipinski definition) is 0. The zero-order valence-electron chi connectivity index (χ0n) is 12.3. The van der Waals surface area contributed by atoms with E-state index in [1.807, 2.05) is 0 Å². The molecule has 0 aromatic heterocycles. The van der Waals surface area contributed by atoms with Crippen LogP contribution in [0.5, 0.6) is 5.75 Å². The van der Waals surface area contributed by atoms with Crippen molar-refractivity contribution in [2.24, 2.45) is 0 Å². The van der Waals surface area contributed by atoms with Crippen LogP contribution >= 0.6 is 11.6 Å². The smallest absolute Gasteiger partial charge is 0.263 e. The third kappa shape index (κ3) is 3.89. The van der Waals surface area contributed by atoms with Gasteiger partial charge in [0.05, 0.1) is 16.5 Å². The average molecular weight is 350 g/mol. The number of amides is 1. The number of sulfone groups is 1. The summed E-state index contributed by atoms with van der Waals surface area (Å²) in [5.41, 5.74) is 0. The molecule has 1 heterocycles. The minimum absolute atomic E-state index is 0.0285. The largest absolute Gasteiger partial charge is 0.479 e. The van der Waals surface area contributed by atoms with E-state index in [0.717, 1.165) is 6.07 Å². The molecule has 1 saturated heterocycles. The molecule has 0 spiro atoms. The van der Waals surface area contributed by atoms with E-state index >= 15 is 0 Å². The fraction of sp³-hybridized carbons (Fsp3) is 0.500. The highest BCUT2D eigenvalue weighted by Crippen LogP contribution is 2.26. The number of likely N-dealkylation sites (N-methyl/N-ethyl adjacent to an activating group) is 1. The van der Waals surface area contributed by atoms with Gasteiger partial charge in [-0.15, -0.1) is 0 Å². The lowest BCUT2D eigenvalue weighted by molar-refractivity contribution is -0.138. The molecule has 0 unspecified atom stereocenters. The monoisotopic (exact) mass is 349 g/mol. The number of halogens is 2. The summed E-state index contributed by atoms with van der Waals surface area (Å²) >= 11 is 5.85. The number of nitrogens with zero attached hydrogens (tertiary/aromatic N) is 1. The van der Waals surface area contributed by atoms with E-state index in [1.54, 1.807) is 14.0 Å². The van der Waals surface area contributed by atoms with Gasteiger partial charge < -0.3 is 9.64 Å². The summed E-state index contributed by atoms with van der Waals surface area (Å²) in [6, 6.07) is 3.29. The van der Waals surface area contributed by atoms with Gasteiger partial charge in [0.15, 0.2) is 15.9 Å². The first-order chi connectivity index (χ1) is 10.2. The number of hydrogen-bond acceptors (Lipinski definition) is 4. The van der Waals surface area contributed by atoms with Gasteiger partial charge in [-0.05, 0) is 31.5 Å². The van der Waals surface area contributed by atoms with Gasteiger partial charge in [-0.25, -0.2) is 12.8 Å². The van der Waals surface area contributed by atoms with Gasteiger partial charge in [0.1, 0.15) is 11.6 Å². The third-order valence-corrected chi connectivity index (χ3v) is 5.69. The van der Waals surface area contributed by atoms with Crippen LogP contribution in [0.2, 0.25) is 5.02 Å². The predicted octanol–water partition coefficient (Wildman–Crippen LogP) is 1.89. The Hall–Kier alpha value is -1.34. The zero-order valence-corrected chi connectivity index (χ0v) is 13.8. The van der Waals surface area contributed by atoms with Crippen LogP contribution in [-0.4, -0.2) is 49.9 Å². The molecular weight excluding hydrogens is 333 g/mol. The van der Waals surface area contributed by atoms with Crippen LogP contribution in [0.3, 0.4) is 0 Å². The highest BCUT2D eigenvalue weighted by molar-refractivity contribution is 7.91. The van der Waals surface area contributed by atoms with Crippen LogP contribution in [0, 0.1) is 5.82 Å². The lowest BCUT2D eigenvalue weighted by atomic mass is 10.2. The van der Waals surface area contributed by atoms with Gasteiger partial charge in [-0.1, -0.05) is 11.6 Å².